The standard InChI is InChI=1S/C24H30FN5O2/c1-13(2)22(14-3-5-16(25)6-4-14)30-18-9-21(24(30)32)28(11-18)12-19(27)23(31)29-17(10-26)7-15-8-20(15)29/h3-6,13,15,17-22H,7-9,11-12,27H2,1-2H3/t15-,17+,18?,19+,20+,21+,22-/m1/s1. The molecule has 2 amide bonds. The number of halogens is 1. The minimum atomic E-state index is -0.733. The third-order valence-electron chi connectivity index (χ3n) is 7.71. The van der Waals surface area contributed by atoms with Crippen LogP contribution in [0.3, 0.4) is 0 Å². The lowest BCUT2D eigenvalue weighted by molar-refractivity contribution is -0.142. The third-order valence-corrected chi connectivity index (χ3v) is 7.71. The number of likely N-dealkylation sites (tertiary alicyclic amines) is 3. The van der Waals surface area contributed by atoms with Crippen LogP contribution in [0.1, 0.15) is 44.7 Å². The summed E-state index contributed by atoms with van der Waals surface area (Å²) in [5.74, 6) is 0.241. The fourth-order valence-corrected chi connectivity index (χ4v) is 6.19. The average Bonchev–Trinajstić information content (AvgIpc) is 3.10. The van der Waals surface area contributed by atoms with E-state index < -0.39 is 6.04 Å². The Balaban J connectivity index is 1.27. The second-order valence-electron chi connectivity index (χ2n) is 10.1. The van der Waals surface area contributed by atoms with Crippen LogP contribution in [0.15, 0.2) is 24.3 Å². The van der Waals surface area contributed by atoms with Gasteiger partial charge in [-0.05, 0) is 48.8 Å². The molecule has 3 aliphatic heterocycles. The number of benzene rings is 1. The van der Waals surface area contributed by atoms with Crippen LogP contribution in [0.4, 0.5) is 4.39 Å². The highest BCUT2D eigenvalue weighted by Crippen LogP contribution is 2.48. The van der Waals surface area contributed by atoms with E-state index in [4.69, 9.17) is 5.73 Å². The Bertz CT molecular complexity index is 960. The Morgan fingerprint density at radius 2 is 1.97 bits per heavy atom. The Hall–Kier alpha value is -2.50. The molecule has 1 saturated carbocycles. The molecule has 1 aromatic carbocycles. The molecular weight excluding hydrogens is 409 g/mol. The summed E-state index contributed by atoms with van der Waals surface area (Å²) in [6, 6.07) is 7.39. The van der Waals surface area contributed by atoms with Crippen LogP contribution in [0, 0.1) is 29.0 Å². The Kier molecular flexibility index (Phi) is 5.22. The zero-order valence-corrected chi connectivity index (χ0v) is 18.5. The first kappa shape index (κ1) is 21.4. The van der Waals surface area contributed by atoms with Crippen molar-refractivity contribution in [3.63, 3.8) is 0 Å². The van der Waals surface area contributed by atoms with Crippen LogP contribution in [0.5, 0.6) is 0 Å². The van der Waals surface area contributed by atoms with E-state index in [1.165, 1.54) is 12.1 Å². The van der Waals surface area contributed by atoms with E-state index >= 15 is 0 Å². The first-order chi connectivity index (χ1) is 15.3. The number of hydrogen-bond donors (Lipinski definition) is 1. The second-order valence-corrected chi connectivity index (χ2v) is 10.1. The molecule has 7 nitrogen and oxygen atoms in total. The number of amides is 2. The van der Waals surface area contributed by atoms with Gasteiger partial charge in [0.1, 0.15) is 11.9 Å². The number of nitriles is 1. The first-order valence-corrected chi connectivity index (χ1v) is 11.6. The van der Waals surface area contributed by atoms with Crippen LogP contribution >= 0.6 is 0 Å². The second kappa shape index (κ2) is 7.82. The highest BCUT2D eigenvalue weighted by molar-refractivity contribution is 5.87. The monoisotopic (exact) mass is 439 g/mol. The van der Waals surface area contributed by atoms with Crippen molar-refractivity contribution in [2.24, 2.45) is 17.6 Å². The van der Waals surface area contributed by atoms with Gasteiger partial charge in [0.15, 0.2) is 0 Å². The van der Waals surface area contributed by atoms with Gasteiger partial charge in [-0.2, -0.15) is 5.26 Å². The van der Waals surface area contributed by atoms with Crippen molar-refractivity contribution in [1.29, 1.82) is 5.26 Å². The van der Waals surface area contributed by atoms with E-state index in [-0.39, 0.29) is 53.8 Å². The van der Waals surface area contributed by atoms with Crippen molar-refractivity contribution in [3.05, 3.63) is 35.6 Å². The number of carbonyl (C=O) groups is 2. The molecule has 7 atom stereocenters. The maximum atomic E-state index is 13.4. The summed E-state index contributed by atoms with van der Waals surface area (Å²) in [4.78, 5) is 32.1. The molecule has 1 aromatic rings. The number of hydrogen-bond acceptors (Lipinski definition) is 5. The molecule has 5 rings (SSSR count). The lowest BCUT2D eigenvalue weighted by atomic mass is 9.93. The van der Waals surface area contributed by atoms with Gasteiger partial charge in [0.25, 0.3) is 0 Å². The molecule has 3 saturated heterocycles. The summed E-state index contributed by atoms with van der Waals surface area (Å²) < 4.78 is 13.4. The third kappa shape index (κ3) is 3.39. The minimum absolute atomic E-state index is 0.0544. The van der Waals surface area contributed by atoms with Crippen molar-refractivity contribution in [2.45, 2.75) is 69.4 Å². The molecule has 8 heteroatoms. The van der Waals surface area contributed by atoms with E-state index in [2.05, 4.69) is 19.9 Å². The molecule has 2 bridgehead atoms. The average molecular weight is 440 g/mol. The number of rotatable bonds is 6. The van der Waals surface area contributed by atoms with Gasteiger partial charge in [-0.3, -0.25) is 14.5 Å². The molecule has 4 fully saturated rings. The van der Waals surface area contributed by atoms with E-state index in [9.17, 15) is 19.2 Å². The summed E-state index contributed by atoms with van der Waals surface area (Å²) in [5.41, 5.74) is 7.24. The molecule has 32 heavy (non-hydrogen) atoms. The number of nitrogens with zero attached hydrogens (tertiary/aromatic N) is 4. The zero-order valence-electron chi connectivity index (χ0n) is 18.5. The van der Waals surface area contributed by atoms with Gasteiger partial charge in [0, 0.05) is 25.2 Å². The number of piperidine rings is 1. The van der Waals surface area contributed by atoms with Crippen molar-refractivity contribution in [1.82, 2.24) is 14.7 Å². The zero-order chi connectivity index (χ0) is 22.7. The normalized spacial score (nSPS) is 32.9. The van der Waals surface area contributed by atoms with Gasteiger partial charge in [0.05, 0.1) is 24.2 Å². The van der Waals surface area contributed by atoms with E-state index in [0.29, 0.717) is 19.0 Å². The topological polar surface area (TPSA) is 93.7 Å². The highest BCUT2D eigenvalue weighted by Gasteiger charge is 2.56. The molecule has 0 radical (unpaired) electrons. The predicted molar refractivity (Wildman–Crippen MR) is 115 cm³/mol. The van der Waals surface area contributed by atoms with E-state index in [1.807, 2.05) is 9.80 Å². The van der Waals surface area contributed by atoms with Gasteiger partial charge in [-0.25, -0.2) is 4.39 Å². The molecule has 4 aliphatic rings. The van der Waals surface area contributed by atoms with Crippen LogP contribution < -0.4 is 5.73 Å². The quantitative estimate of drug-likeness (QED) is 0.728. The number of carbonyl (C=O) groups excluding carboxylic acids is 2. The van der Waals surface area contributed by atoms with E-state index in [0.717, 1.165) is 24.8 Å². The van der Waals surface area contributed by atoms with Crippen LogP contribution in [0.2, 0.25) is 0 Å². The van der Waals surface area contributed by atoms with Crippen LogP contribution in [0.25, 0.3) is 0 Å². The summed E-state index contributed by atoms with van der Waals surface area (Å²) in [6.07, 6.45) is 2.44. The summed E-state index contributed by atoms with van der Waals surface area (Å²) in [6.45, 7) is 5.16. The van der Waals surface area contributed by atoms with Crippen molar-refractivity contribution < 1.29 is 14.0 Å². The van der Waals surface area contributed by atoms with Crippen LogP contribution in [-0.4, -0.2) is 69.8 Å². The Labute approximate surface area is 187 Å². The Morgan fingerprint density at radius 3 is 2.59 bits per heavy atom. The summed E-state index contributed by atoms with van der Waals surface area (Å²) in [5, 5.41) is 9.38. The van der Waals surface area contributed by atoms with Gasteiger partial charge in [-0.1, -0.05) is 26.0 Å². The van der Waals surface area contributed by atoms with Gasteiger partial charge in [0.2, 0.25) is 11.8 Å². The summed E-state index contributed by atoms with van der Waals surface area (Å²) in [7, 11) is 0. The number of fused-ring (bicyclic) bond motifs is 3. The maximum Gasteiger partial charge on any atom is 0.242 e. The smallest absolute Gasteiger partial charge is 0.242 e. The molecule has 170 valence electrons. The molecule has 0 aromatic heterocycles. The fraction of sp³-hybridized carbons (Fsp3) is 0.625. The predicted octanol–water partition coefficient (Wildman–Crippen LogP) is 1.65. The molecule has 0 spiro atoms. The Morgan fingerprint density at radius 1 is 1.25 bits per heavy atom. The minimum Gasteiger partial charge on any atom is -0.330 e. The molecule has 1 unspecified atom stereocenters. The maximum absolute atomic E-state index is 13.4. The molecule has 1 aliphatic carbocycles. The number of nitrogens with two attached hydrogens (primary N) is 1. The van der Waals surface area contributed by atoms with Gasteiger partial charge in [-0.15, -0.1) is 0 Å². The molecule has 2 N–H and O–H groups in total. The highest BCUT2D eigenvalue weighted by atomic mass is 19.1. The van der Waals surface area contributed by atoms with E-state index in [1.54, 1.807) is 17.0 Å². The number of piperazine rings is 1. The van der Waals surface area contributed by atoms with Crippen LogP contribution in [-0.2, 0) is 9.59 Å². The van der Waals surface area contributed by atoms with Gasteiger partial charge >= 0.3 is 0 Å². The molecular formula is C24H30FN5O2. The first-order valence-electron chi connectivity index (χ1n) is 11.6. The molecule has 3 heterocycles. The largest absolute Gasteiger partial charge is 0.330 e. The fourth-order valence-electron chi connectivity index (χ4n) is 6.19. The SMILES string of the molecule is CC(C)[C@H](c1ccc(F)cc1)N1C(=O)[C@@H]2CC1CN2C[C@H](N)C(=O)N1[C@H](C#N)C[C@@H]2C[C@@H]21. The van der Waals surface area contributed by atoms with Crippen molar-refractivity contribution >= 4 is 11.8 Å². The van der Waals surface area contributed by atoms with Gasteiger partial charge < -0.3 is 15.5 Å². The summed E-state index contributed by atoms with van der Waals surface area (Å²) >= 11 is 0. The van der Waals surface area contributed by atoms with Crippen molar-refractivity contribution in [3.8, 4) is 6.07 Å². The lowest BCUT2D eigenvalue weighted by Crippen LogP contribution is -2.57. The van der Waals surface area contributed by atoms with Crippen molar-refractivity contribution in [2.75, 3.05) is 13.1 Å². The lowest BCUT2D eigenvalue weighted by Gasteiger charge is -2.41.